The molecular formula is C29H55NO3. The second kappa shape index (κ2) is 23.8. The van der Waals surface area contributed by atoms with Crippen molar-refractivity contribution in [2.45, 2.75) is 136 Å². The molecule has 0 spiro atoms. The van der Waals surface area contributed by atoms with E-state index in [0.29, 0.717) is 18.9 Å². The fraction of sp³-hybridized carbons (Fsp3) is 0.862. The Balaban J connectivity index is 3.63. The molecule has 0 aliphatic heterocycles. The third-order valence-corrected chi connectivity index (χ3v) is 6.47. The van der Waals surface area contributed by atoms with Crippen LogP contribution in [0.15, 0.2) is 12.2 Å². The maximum absolute atomic E-state index is 12.3. The molecule has 0 saturated carbocycles. The van der Waals surface area contributed by atoms with Crippen molar-refractivity contribution in [3.63, 3.8) is 0 Å². The van der Waals surface area contributed by atoms with Crippen molar-refractivity contribution >= 4 is 11.9 Å². The Morgan fingerprint density at radius 2 is 1.30 bits per heavy atom. The number of allylic oxidation sites excluding steroid dienone is 2. The Hall–Kier alpha value is -1.32. The van der Waals surface area contributed by atoms with Gasteiger partial charge in [-0.15, -0.1) is 0 Å². The van der Waals surface area contributed by atoms with Gasteiger partial charge in [0.1, 0.15) is 6.54 Å². The van der Waals surface area contributed by atoms with E-state index in [4.69, 9.17) is 4.74 Å². The number of hydrogen-bond donors (Lipinski definition) is 0. The summed E-state index contributed by atoms with van der Waals surface area (Å²) in [6, 6.07) is 0. The van der Waals surface area contributed by atoms with Gasteiger partial charge >= 0.3 is 5.97 Å². The number of carbonyl (C=O) groups excluding carboxylic acids is 2. The number of nitrogens with zero attached hydrogens (tertiary/aromatic N) is 1. The van der Waals surface area contributed by atoms with Crippen molar-refractivity contribution in [2.75, 3.05) is 20.2 Å². The highest BCUT2D eigenvalue weighted by molar-refractivity contribution is 5.81. The Bertz CT molecular complexity index is 489. The summed E-state index contributed by atoms with van der Waals surface area (Å²) in [6.45, 7) is 7.12. The van der Waals surface area contributed by atoms with Gasteiger partial charge in [0.25, 0.3) is 0 Å². The molecule has 4 heteroatoms. The summed E-state index contributed by atoms with van der Waals surface area (Å²) in [6.07, 6.45) is 25.9. The lowest BCUT2D eigenvalue weighted by Gasteiger charge is -2.18. The summed E-state index contributed by atoms with van der Waals surface area (Å²) in [4.78, 5) is 25.8. The van der Waals surface area contributed by atoms with Crippen LogP contribution < -0.4 is 0 Å². The summed E-state index contributed by atoms with van der Waals surface area (Å²) in [5.41, 5.74) is 0. The minimum Gasteiger partial charge on any atom is -0.464 e. The minimum absolute atomic E-state index is 0.0441. The van der Waals surface area contributed by atoms with E-state index in [-0.39, 0.29) is 18.4 Å². The zero-order valence-corrected chi connectivity index (χ0v) is 22.5. The topological polar surface area (TPSA) is 46.6 Å². The number of hydrogen-bond acceptors (Lipinski definition) is 3. The molecule has 1 amide bonds. The molecule has 1 atom stereocenters. The number of unbranched alkanes of at least 4 members (excludes halogenated alkanes) is 12. The summed E-state index contributed by atoms with van der Waals surface area (Å²) >= 11 is 0. The van der Waals surface area contributed by atoms with Gasteiger partial charge in [0, 0.05) is 13.5 Å². The molecule has 0 heterocycles. The van der Waals surface area contributed by atoms with Crippen LogP contribution in [-0.2, 0) is 14.3 Å². The molecule has 0 aliphatic carbocycles. The number of likely N-dealkylation sites (N-methyl/N-ethyl adjacent to an activating group) is 1. The SMILES string of the molecule is CCCCCCCC/C=C\CCCCCCCC(=O)N(C)CC(=O)OCC(CC)CCCC. The van der Waals surface area contributed by atoms with Gasteiger partial charge in [-0.2, -0.15) is 0 Å². The Morgan fingerprint density at radius 1 is 0.758 bits per heavy atom. The molecule has 194 valence electrons. The zero-order chi connectivity index (χ0) is 24.6. The van der Waals surface area contributed by atoms with Crippen LogP contribution in [0.1, 0.15) is 136 Å². The van der Waals surface area contributed by atoms with Gasteiger partial charge in [0.2, 0.25) is 5.91 Å². The van der Waals surface area contributed by atoms with Crippen LogP contribution in [0.5, 0.6) is 0 Å². The van der Waals surface area contributed by atoms with Crippen LogP contribution in [0.3, 0.4) is 0 Å². The third kappa shape index (κ3) is 21.0. The second-order valence-electron chi connectivity index (χ2n) is 9.68. The molecule has 4 nitrogen and oxygen atoms in total. The number of carbonyl (C=O) groups is 2. The van der Waals surface area contributed by atoms with Gasteiger partial charge < -0.3 is 9.64 Å². The molecule has 0 fully saturated rings. The highest BCUT2D eigenvalue weighted by Crippen LogP contribution is 2.13. The molecule has 0 aliphatic rings. The van der Waals surface area contributed by atoms with Crippen molar-refractivity contribution in [1.82, 2.24) is 4.90 Å². The number of ether oxygens (including phenoxy) is 1. The van der Waals surface area contributed by atoms with Crippen molar-refractivity contribution in [3.8, 4) is 0 Å². The van der Waals surface area contributed by atoms with E-state index in [1.165, 1.54) is 81.9 Å². The maximum atomic E-state index is 12.3. The zero-order valence-electron chi connectivity index (χ0n) is 22.5. The van der Waals surface area contributed by atoms with Crippen LogP contribution in [0, 0.1) is 5.92 Å². The van der Waals surface area contributed by atoms with E-state index in [9.17, 15) is 9.59 Å². The Kier molecular flexibility index (Phi) is 22.9. The van der Waals surface area contributed by atoms with Crippen molar-refractivity contribution in [2.24, 2.45) is 5.92 Å². The third-order valence-electron chi connectivity index (χ3n) is 6.47. The average molecular weight is 466 g/mol. The van der Waals surface area contributed by atoms with E-state index < -0.39 is 0 Å². The van der Waals surface area contributed by atoms with Crippen LogP contribution in [0.4, 0.5) is 0 Å². The van der Waals surface area contributed by atoms with Crippen LogP contribution in [0.25, 0.3) is 0 Å². The maximum Gasteiger partial charge on any atom is 0.325 e. The summed E-state index contributed by atoms with van der Waals surface area (Å²) < 4.78 is 5.41. The fourth-order valence-corrected chi connectivity index (χ4v) is 3.97. The number of esters is 1. The largest absolute Gasteiger partial charge is 0.464 e. The molecular weight excluding hydrogens is 410 g/mol. The first-order valence-electron chi connectivity index (χ1n) is 14.1. The van der Waals surface area contributed by atoms with E-state index in [1.807, 2.05) is 0 Å². The lowest BCUT2D eigenvalue weighted by molar-refractivity contribution is -0.149. The van der Waals surface area contributed by atoms with Gasteiger partial charge in [-0.05, 0) is 44.4 Å². The molecule has 33 heavy (non-hydrogen) atoms. The molecule has 0 aromatic rings. The highest BCUT2D eigenvalue weighted by atomic mass is 16.5. The fourth-order valence-electron chi connectivity index (χ4n) is 3.97. The van der Waals surface area contributed by atoms with E-state index in [0.717, 1.165) is 32.1 Å². The molecule has 0 bridgehead atoms. The Morgan fingerprint density at radius 3 is 1.88 bits per heavy atom. The molecule has 0 aromatic heterocycles. The first kappa shape index (κ1) is 31.7. The molecule has 0 N–H and O–H groups in total. The van der Waals surface area contributed by atoms with Crippen molar-refractivity contribution in [3.05, 3.63) is 12.2 Å². The number of rotatable bonds is 23. The van der Waals surface area contributed by atoms with E-state index >= 15 is 0 Å². The second-order valence-corrected chi connectivity index (χ2v) is 9.68. The average Bonchev–Trinajstić information content (AvgIpc) is 2.81. The standard InChI is InChI=1S/C29H55NO3/c1-5-8-10-11-12-13-14-15-16-17-18-19-20-21-22-24-28(31)30(4)25-29(32)33-26-27(7-3)23-9-6-2/h15-16,27H,5-14,17-26H2,1-4H3/b16-15-. The predicted octanol–water partition coefficient (Wildman–Crippen LogP) is 8.24. The van der Waals surface area contributed by atoms with E-state index in [1.54, 1.807) is 7.05 Å². The van der Waals surface area contributed by atoms with Gasteiger partial charge in [0.05, 0.1) is 6.61 Å². The molecule has 0 radical (unpaired) electrons. The van der Waals surface area contributed by atoms with Gasteiger partial charge in [-0.1, -0.05) is 104 Å². The predicted molar refractivity (Wildman–Crippen MR) is 141 cm³/mol. The Labute approximate surface area is 205 Å². The number of amides is 1. The quantitative estimate of drug-likeness (QED) is 0.0867. The highest BCUT2D eigenvalue weighted by Gasteiger charge is 2.15. The minimum atomic E-state index is -0.287. The van der Waals surface area contributed by atoms with Gasteiger partial charge in [-0.3, -0.25) is 9.59 Å². The molecule has 0 rings (SSSR count). The van der Waals surface area contributed by atoms with Crippen LogP contribution in [0.2, 0.25) is 0 Å². The van der Waals surface area contributed by atoms with Gasteiger partial charge in [0.15, 0.2) is 0 Å². The van der Waals surface area contributed by atoms with Crippen LogP contribution >= 0.6 is 0 Å². The van der Waals surface area contributed by atoms with E-state index in [2.05, 4.69) is 32.9 Å². The summed E-state index contributed by atoms with van der Waals surface area (Å²) in [5, 5.41) is 0. The smallest absolute Gasteiger partial charge is 0.325 e. The molecule has 0 aromatic carbocycles. The first-order chi connectivity index (χ1) is 16.0. The molecule has 1 unspecified atom stereocenters. The van der Waals surface area contributed by atoms with Crippen LogP contribution in [-0.4, -0.2) is 37.0 Å². The van der Waals surface area contributed by atoms with Crippen molar-refractivity contribution in [1.29, 1.82) is 0 Å². The monoisotopic (exact) mass is 465 g/mol. The van der Waals surface area contributed by atoms with Gasteiger partial charge in [-0.25, -0.2) is 0 Å². The first-order valence-corrected chi connectivity index (χ1v) is 14.1. The summed E-state index contributed by atoms with van der Waals surface area (Å²) in [7, 11) is 1.70. The lowest BCUT2D eigenvalue weighted by Crippen LogP contribution is -2.33. The normalized spacial score (nSPS) is 12.2. The van der Waals surface area contributed by atoms with Crippen molar-refractivity contribution < 1.29 is 14.3 Å². The lowest BCUT2D eigenvalue weighted by atomic mass is 10.0. The summed E-state index contributed by atoms with van der Waals surface area (Å²) in [5.74, 6) is 0.193. The molecule has 0 saturated heterocycles.